The number of nitrogens with one attached hydrogen (secondary N) is 3. The third kappa shape index (κ3) is 4.19. The second-order valence-corrected chi connectivity index (χ2v) is 8.10. The third-order valence-electron chi connectivity index (χ3n) is 6.17. The third-order valence-corrected chi connectivity index (χ3v) is 6.17. The van der Waals surface area contributed by atoms with Gasteiger partial charge in [0.25, 0.3) is 5.91 Å². The van der Waals surface area contributed by atoms with Crippen molar-refractivity contribution >= 4 is 17.7 Å². The molecule has 7 heteroatoms. The standard InChI is InChI=1S/C21H28N4O3/c26-19-13-25(10-9-22-19)21(28)15-7-5-14(6-8-15)12-23-20(27)18-11-16-3-1-2-4-17(16)24-18/h5-8,16-18,24H,1-4,9-13H2,(H,22,26)(H,23,27). The van der Waals surface area contributed by atoms with Crippen LogP contribution in [0.2, 0.25) is 0 Å². The number of amides is 3. The summed E-state index contributed by atoms with van der Waals surface area (Å²) in [5.41, 5.74) is 1.52. The van der Waals surface area contributed by atoms with E-state index >= 15 is 0 Å². The Hall–Kier alpha value is -2.41. The Labute approximate surface area is 165 Å². The van der Waals surface area contributed by atoms with Gasteiger partial charge in [0.05, 0.1) is 12.6 Å². The predicted octanol–water partition coefficient (Wildman–Crippen LogP) is 0.795. The highest BCUT2D eigenvalue weighted by Crippen LogP contribution is 2.33. The van der Waals surface area contributed by atoms with Gasteiger partial charge in [-0.3, -0.25) is 14.4 Å². The Balaban J connectivity index is 1.28. The zero-order valence-corrected chi connectivity index (χ0v) is 16.1. The van der Waals surface area contributed by atoms with Gasteiger partial charge in [-0.15, -0.1) is 0 Å². The minimum Gasteiger partial charge on any atom is -0.353 e. The van der Waals surface area contributed by atoms with Crippen LogP contribution >= 0.6 is 0 Å². The average Bonchev–Trinajstić information content (AvgIpc) is 3.16. The van der Waals surface area contributed by atoms with E-state index in [1.165, 1.54) is 25.7 Å². The van der Waals surface area contributed by atoms with Crippen LogP contribution in [-0.4, -0.2) is 54.3 Å². The number of carbonyl (C=O) groups is 3. The van der Waals surface area contributed by atoms with Crippen LogP contribution in [0.1, 0.15) is 48.0 Å². The lowest BCUT2D eigenvalue weighted by Gasteiger charge is -2.26. The van der Waals surface area contributed by atoms with E-state index in [2.05, 4.69) is 16.0 Å². The van der Waals surface area contributed by atoms with Crippen LogP contribution in [0, 0.1) is 5.92 Å². The van der Waals surface area contributed by atoms with E-state index in [4.69, 9.17) is 0 Å². The van der Waals surface area contributed by atoms with Crippen molar-refractivity contribution in [3.05, 3.63) is 35.4 Å². The van der Waals surface area contributed by atoms with E-state index in [0.717, 1.165) is 12.0 Å². The number of hydrogen-bond acceptors (Lipinski definition) is 4. The minimum absolute atomic E-state index is 0.0638. The van der Waals surface area contributed by atoms with Crippen LogP contribution in [0.5, 0.6) is 0 Å². The first kappa shape index (κ1) is 18.9. The lowest BCUT2D eigenvalue weighted by molar-refractivity contribution is -0.124. The summed E-state index contributed by atoms with van der Waals surface area (Å²) < 4.78 is 0. The number of rotatable bonds is 4. The quantitative estimate of drug-likeness (QED) is 0.716. The van der Waals surface area contributed by atoms with Gasteiger partial charge in [0.1, 0.15) is 0 Å². The molecule has 3 amide bonds. The smallest absolute Gasteiger partial charge is 0.254 e. The highest BCUT2D eigenvalue weighted by molar-refractivity contribution is 5.97. The van der Waals surface area contributed by atoms with Crippen LogP contribution in [0.25, 0.3) is 0 Å². The Bertz CT molecular complexity index is 735. The zero-order chi connectivity index (χ0) is 19.5. The van der Waals surface area contributed by atoms with E-state index in [0.29, 0.717) is 37.2 Å². The number of piperazine rings is 1. The van der Waals surface area contributed by atoms with E-state index in [9.17, 15) is 14.4 Å². The van der Waals surface area contributed by atoms with E-state index < -0.39 is 0 Å². The fourth-order valence-electron chi connectivity index (χ4n) is 4.59. The van der Waals surface area contributed by atoms with Gasteiger partial charge in [-0.05, 0) is 42.9 Å². The molecule has 2 heterocycles. The molecule has 150 valence electrons. The van der Waals surface area contributed by atoms with Gasteiger partial charge in [0, 0.05) is 31.2 Å². The molecule has 3 fully saturated rings. The maximum atomic E-state index is 12.5. The minimum atomic E-state index is -0.136. The first-order valence-electron chi connectivity index (χ1n) is 10.3. The molecular formula is C21H28N4O3. The second kappa shape index (κ2) is 8.31. The maximum Gasteiger partial charge on any atom is 0.254 e. The van der Waals surface area contributed by atoms with Crippen molar-refractivity contribution < 1.29 is 14.4 Å². The summed E-state index contributed by atoms with van der Waals surface area (Å²) in [5, 5.41) is 9.23. The van der Waals surface area contributed by atoms with Crippen LogP contribution in [0.4, 0.5) is 0 Å². The van der Waals surface area contributed by atoms with Gasteiger partial charge in [0.2, 0.25) is 11.8 Å². The summed E-state index contributed by atoms with van der Waals surface area (Å²) in [5.74, 6) is 0.447. The van der Waals surface area contributed by atoms with Gasteiger partial charge in [-0.1, -0.05) is 25.0 Å². The summed E-state index contributed by atoms with van der Waals surface area (Å²) in [4.78, 5) is 38.0. The molecule has 2 saturated heterocycles. The molecule has 1 saturated carbocycles. The molecule has 28 heavy (non-hydrogen) atoms. The van der Waals surface area contributed by atoms with E-state index in [-0.39, 0.29) is 30.3 Å². The molecule has 0 bridgehead atoms. The average molecular weight is 384 g/mol. The maximum absolute atomic E-state index is 12.5. The monoisotopic (exact) mass is 384 g/mol. The SMILES string of the molecule is O=C1CN(C(=O)c2ccc(CNC(=O)C3CC4CCCCC4N3)cc2)CCN1. The van der Waals surface area contributed by atoms with Crippen molar-refractivity contribution in [1.29, 1.82) is 0 Å². The van der Waals surface area contributed by atoms with Gasteiger partial charge in [0.15, 0.2) is 0 Å². The topological polar surface area (TPSA) is 90.5 Å². The fourth-order valence-corrected chi connectivity index (χ4v) is 4.59. The lowest BCUT2D eigenvalue weighted by Crippen LogP contribution is -2.49. The van der Waals surface area contributed by atoms with Crippen molar-refractivity contribution in [2.75, 3.05) is 19.6 Å². The van der Waals surface area contributed by atoms with E-state index in [1.54, 1.807) is 17.0 Å². The lowest BCUT2D eigenvalue weighted by atomic mass is 9.85. The van der Waals surface area contributed by atoms with Crippen LogP contribution in [-0.2, 0) is 16.1 Å². The van der Waals surface area contributed by atoms with Crippen molar-refractivity contribution in [1.82, 2.24) is 20.9 Å². The molecule has 3 atom stereocenters. The van der Waals surface area contributed by atoms with Crippen LogP contribution in [0.3, 0.4) is 0 Å². The largest absolute Gasteiger partial charge is 0.353 e. The molecule has 3 N–H and O–H groups in total. The molecule has 1 aromatic rings. The van der Waals surface area contributed by atoms with E-state index in [1.807, 2.05) is 12.1 Å². The first-order valence-corrected chi connectivity index (χ1v) is 10.3. The molecule has 2 aliphatic heterocycles. The molecule has 1 aliphatic carbocycles. The number of benzene rings is 1. The summed E-state index contributed by atoms with van der Waals surface area (Å²) in [6, 6.07) is 7.67. The molecule has 3 unspecified atom stereocenters. The first-order chi connectivity index (χ1) is 13.6. The molecule has 4 rings (SSSR count). The summed E-state index contributed by atoms with van der Waals surface area (Å²) >= 11 is 0. The second-order valence-electron chi connectivity index (χ2n) is 8.10. The molecule has 0 spiro atoms. The Morgan fingerprint density at radius 1 is 1.14 bits per heavy atom. The van der Waals surface area contributed by atoms with Crippen LogP contribution in [0.15, 0.2) is 24.3 Å². The normalized spacial score (nSPS) is 27.1. The highest BCUT2D eigenvalue weighted by atomic mass is 16.2. The Kier molecular flexibility index (Phi) is 5.62. The van der Waals surface area contributed by atoms with Gasteiger partial charge < -0.3 is 20.9 Å². The highest BCUT2D eigenvalue weighted by Gasteiger charge is 2.38. The molecule has 0 aromatic heterocycles. The van der Waals surface area contributed by atoms with Gasteiger partial charge in [-0.2, -0.15) is 0 Å². The van der Waals surface area contributed by atoms with Gasteiger partial charge in [-0.25, -0.2) is 0 Å². The number of nitrogens with zero attached hydrogens (tertiary/aromatic N) is 1. The van der Waals surface area contributed by atoms with Crippen molar-refractivity contribution in [3.8, 4) is 0 Å². The van der Waals surface area contributed by atoms with Crippen LogP contribution < -0.4 is 16.0 Å². The molecule has 7 nitrogen and oxygen atoms in total. The molecule has 0 radical (unpaired) electrons. The molecule has 1 aromatic carbocycles. The number of hydrogen-bond donors (Lipinski definition) is 3. The summed E-state index contributed by atoms with van der Waals surface area (Å²) in [6.45, 7) is 1.57. The van der Waals surface area contributed by atoms with Crippen molar-refractivity contribution in [3.63, 3.8) is 0 Å². The Morgan fingerprint density at radius 2 is 1.93 bits per heavy atom. The number of fused-ring (bicyclic) bond motifs is 1. The van der Waals surface area contributed by atoms with Crippen molar-refractivity contribution in [2.45, 2.75) is 50.7 Å². The fraction of sp³-hybridized carbons (Fsp3) is 0.571. The molecule has 3 aliphatic rings. The summed E-state index contributed by atoms with van der Waals surface area (Å²) in [6.07, 6.45) is 5.89. The summed E-state index contributed by atoms with van der Waals surface area (Å²) in [7, 11) is 0. The Morgan fingerprint density at radius 3 is 2.68 bits per heavy atom. The number of carbonyl (C=O) groups excluding carboxylic acids is 3. The zero-order valence-electron chi connectivity index (χ0n) is 16.1. The predicted molar refractivity (Wildman–Crippen MR) is 104 cm³/mol. The van der Waals surface area contributed by atoms with Gasteiger partial charge >= 0.3 is 0 Å². The van der Waals surface area contributed by atoms with Crippen molar-refractivity contribution in [2.24, 2.45) is 5.92 Å². The molecular weight excluding hydrogens is 356 g/mol.